The monoisotopic (exact) mass is 270 g/mol. The lowest BCUT2D eigenvalue weighted by atomic mass is 10.0. The maximum atomic E-state index is 12.4. The van der Waals surface area contributed by atoms with E-state index in [2.05, 4.69) is 5.32 Å². The SMILES string of the molecule is CC(C)(C(=O)Nc1ccccc1)N1C=CC=CCC1=O. The zero-order valence-electron chi connectivity index (χ0n) is 11.7. The Morgan fingerprint density at radius 2 is 1.90 bits per heavy atom. The lowest BCUT2D eigenvalue weighted by Gasteiger charge is -2.34. The van der Waals surface area contributed by atoms with Crippen molar-refractivity contribution >= 4 is 17.5 Å². The van der Waals surface area contributed by atoms with Crippen LogP contribution in [0.5, 0.6) is 0 Å². The van der Waals surface area contributed by atoms with E-state index >= 15 is 0 Å². The minimum Gasteiger partial charge on any atom is -0.324 e. The molecule has 4 nitrogen and oxygen atoms in total. The van der Waals surface area contributed by atoms with E-state index in [0.717, 1.165) is 5.69 Å². The zero-order chi connectivity index (χ0) is 14.6. The number of amides is 2. The predicted molar refractivity (Wildman–Crippen MR) is 78.9 cm³/mol. The van der Waals surface area contributed by atoms with Crippen molar-refractivity contribution in [2.24, 2.45) is 0 Å². The zero-order valence-corrected chi connectivity index (χ0v) is 11.7. The fourth-order valence-corrected chi connectivity index (χ4v) is 1.98. The normalized spacial score (nSPS) is 15.1. The lowest BCUT2D eigenvalue weighted by Crippen LogP contribution is -2.52. The van der Waals surface area contributed by atoms with Gasteiger partial charge in [0.25, 0.3) is 0 Å². The van der Waals surface area contributed by atoms with Gasteiger partial charge in [0, 0.05) is 18.3 Å². The van der Waals surface area contributed by atoms with Crippen molar-refractivity contribution in [3.8, 4) is 0 Å². The Morgan fingerprint density at radius 3 is 2.60 bits per heavy atom. The van der Waals surface area contributed by atoms with Gasteiger partial charge in [-0.1, -0.05) is 30.4 Å². The van der Waals surface area contributed by atoms with Gasteiger partial charge in [0.05, 0.1) is 0 Å². The summed E-state index contributed by atoms with van der Waals surface area (Å²) in [6.07, 6.45) is 7.31. The van der Waals surface area contributed by atoms with E-state index in [-0.39, 0.29) is 11.8 Å². The highest BCUT2D eigenvalue weighted by Crippen LogP contribution is 2.21. The molecule has 4 heteroatoms. The third-order valence-corrected chi connectivity index (χ3v) is 3.23. The summed E-state index contributed by atoms with van der Waals surface area (Å²) in [6.45, 7) is 3.47. The topological polar surface area (TPSA) is 49.4 Å². The van der Waals surface area contributed by atoms with Crippen molar-refractivity contribution < 1.29 is 9.59 Å². The van der Waals surface area contributed by atoms with Crippen LogP contribution < -0.4 is 5.32 Å². The van der Waals surface area contributed by atoms with Gasteiger partial charge < -0.3 is 10.2 Å². The van der Waals surface area contributed by atoms with Crippen molar-refractivity contribution in [2.45, 2.75) is 25.8 Å². The molecule has 1 aliphatic rings. The number of carbonyl (C=O) groups is 2. The van der Waals surface area contributed by atoms with Crippen LogP contribution >= 0.6 is 0 Å². The van der Waals surface area contributed by atoms with Gasteiger partial charge in [-0.25, -0.2) is 0 Å². The molecule has 0 aliphatic carbocycles. The smallest absolute Gasteiger partial charge is 0.250 e. The molecule has 1 aromatic rings. The molecule has 1 N–H and O–H groups in total. The number of nitrogens with zero attached hydrogens (tertiary/aromatic N) is 1. The Kier molecular flexibility index (Phi) is 4.03. The second-order valence-corrected chi connectivity index (χ2v) is 5.12. The van der Waals surface area contributed by atoms with E-state index in [1.54, 1.807) is 32.2 Å². The van der Waals surface area contributed by atoms with Crippen molar-refractivity contribution in [2.75, 3.05) is 5.32 Å². The van der Waals surface area contributed by atoms with E-state index in [9.17, 15) is 9.59 Å². The molecule has 0 fully saturated rings. The average molecular weight is 270 g/mol. The summed E-state index contributed by atoms with van der Waals surface area (Å²) in [5, 5.41) is 2.83. The molecule has 1 aromatic carbocycles. The van der Waals surface area contributed by atoms with Crippen LogP contribution in [0.3, 0.4) is 0 Å². The Balaban J connectivity index is 2.16. The molecule has 2 amide bonds. The van der Waals surface area contributed by atoms with Crippen LogP contribution in [0.4, 0.5) is 5.69 Å². The molecule has 0 saturated heterocycles. The number of nitrogens with one attached hydrogen (secondary N) is 1. The van der Waals surface area contributed by atoms with Crippen LogP contribution in [0.25, 0.3) is 0 Å². The van der Waals surface area contributed by atoms with E-state index in [4.69, 9.17) is 0 Å². The van der Waals surface area contributed by atoms with Crippen molar-refractivity contribution in [3.05, 3.63) is 54.8 Å². The number of allylic oxidation sites excluding steroid dienone is 2. The number of para-hydroxylation sites is 1. The average Bonchev–Trinajstić information content (AvgIpc) is 2.65. The summed E-state index contributed by atoms with van der Waals surface area (Å²) in [7, 11) is 0. The fourth-order valence-electron chi connectivity index (χ4n) is 1.98. The summed E-state index contributed by atoms with van der Waals surface area (Å²) in [6, 6.07) is 9.21. The minimum absolute atomic E-state index is 0.0942. The highest BCUT2D eigenvalue weighted by atomic mass is 16.2. The summed E-state index contributed by atoms with van der Waals surface area (Å²) in [5.74, 6) is -0.313. The molecule has 0 radical (unpaired) electrons. The summed E-state index contributed by atoms with van der Waals surface area (Å²) < 4.78 is 0. The van der Waals surface area contributed by atoms with Gasteiger partial charge >= 0.3 is 0 Å². The first-order valence-electron chi connectivity index (χ1n) is 6.54. The maximum absolute atomic E-state index is 12.4. The van der Waals surface area contributed by atoms with Crippen LogP contribution in [-0.4, -0.2) is 22.3 Å². The van der Waals surface area contributed by atoms with Crippen LogP contribution in [-0.2, 0) is 9.59 Å². The standard InChI is InChI=1S/C16H18N2O2/c1-16(2,18-12-8-4-7-11-14(18)19)15(20)17-13-9-5-3-6-10-13/h3-10,12H,11H2,1-2H3,(H,17,20). The first-order valence-corrected chi connectivity index (χ1v) is 6.54. The first kappa shape index (κ1) is 14.1. The van der Waals surface area contributed by atoms with Gasteiger partial charge in [0.1, 0.15) is 5.54 Å². The van der Waals surface area contributed by atoms with E-state index in [1.807, 2.05) is 36.4 Å². The van der Waals surface area contributed by atoms with Gasteiger partial charge in [-0.2, -0.15) is 0 Å². The van der Waals surface area contributed by atoms with E-state index in [1.165, 1.54) is 4.90 Å². The Bertz CT molecular complexity index is 559. The lowest BCUT2D eigenvalue weighted by molar-refractivity contribution is -0.139. The van der Waals surface area contributed by atoms with Gasteiger partial charge in [-0.15, -0.1) is 0 Å². The minimum atomic E-state index is -0.949. The van der Waals surface area contributed by atoms with Crippen LogP contribution in [0.15, 0.2) is 54.8 Å². The molecule has 0 saturated carbocycles. The fraction of sp³-hybridized carbons (Fsp3) is 0.250. The number of anilines is 1. The number of rotatable bonds is 3. The second-order valence-electron chi connectivity index (χ2n) is 5.12. The van der Waals surface area contributed by atoms with Crippen LogP contribution in [0.1, 0.15) is 20.3 Å². The number of benzene rings is 1. The highest BCUT2D eigenvalue weighted by Gasteiger charge is 2.36. The Hall–Kier alpha value is -2.36. The first-order chi connectivity index (χ1) is 9.51. The molecule has 1 aliphatic heterocycles. The number of hydrogen-bond donors (Lipinski definition) is 1. The molecule has 1 heterocycles. The van der Waals surface area contributed by atoms with Gasteiger partial charge in [-0.3, -0.25) is 9.59 Å². The predicted octanol–water partition coefficient (Wildman–Crippen LogP) is 2.71. The summed E-state index contributed by atoms with van der Waals surface area (Å²) in [4.78, 5) is 26.0. The van der Waals surface area contributed by atoms with E-state index in [0.29, 0.717) is 6.42 Å². The number of hydrogen-bond acceptors (Lipinski definition) is 2. The van der Waals surface area contributed by atoms with Gasteiger partial charge in [0.2, 0.25) is 11.8 Å². The van der Waals surface area contributed by atoms with Crippen LogP contribution in [0.2, 0.25) is 0 Å². The molecule has 0 unspecified atom stereocenters. The molecule has 20 heavy (non-hydrogen) atoms. The maximum Gasteiger partial charge on any atom is 0.250 e. The second kappa shape index (κ2) is 5.74. The summed E-state index contributed by atoms with van der Waals surface area (Å²) in [5.41, 5.74) is -0.231. The highest BCUT2D eigenvalue weighted by molar-refractivity contribution is 6.00. The van der Waals surface area contributed by atoms with Gasteiger partial charge in [0.15, 0.2) is 0 Å². The number of carbonyl (C=O) groups excluding carboxylic acids is 2. The molecule has 0 atom stereocenters. The molecule has 0 spiro atoms. The van der Waals surface area contributed by atoms with Crippen molar-refractivity contribution in [1.82, 2.24) is 4.90 Å². The van der Waals surface area contributed by atoms with E-state index < -0.39 is 5.54 Å². The third-order valence-electron chi connectivity index (χ3n) is 3.23. The Morgan fingerprint density at radius 1 is 1.20 bits per heavy atom. The van der Waals surface area contributed by atoms with Crippen LogP contribution in [0, 0.1) is 0 Å². The van der Waals surface area contributed by atoms with Crippen molar-refractivity contribution in [3.63, 3.8) is 0 Å². The molecular weight excluding hydrogens is 252 g/mol. The Labute approximate surface area is 118 Å². The quantitative estimate of drug-likeness (QED) is 0.918. The molecule has 0 bridgehead atoms. The van der Waals surface area contributed by atoms with Crippen molar-refractivity contribution in [1.29, 1.82) is 0 Å². The van der Waals surface area contributed by atoms with Gasteiger partial charge in [-0.05, 0) is 32.1 Å². The molecule has 2 rings (SSSR count). The molecule has 0 aromatic heterocycles. The third kappa shape index (κ3) is 2.96. The molecular formula is C16H18N2O2. The summed E-state index contributed by atoms with van der Waals surface area (Å²) >= 11 is 0. The largest absolute Gasteiger partial charge is 0.324 e. The molecule has 104 valence electrons.